The first-order valence-electron chi connectivity index (χ1n) is 5.91. The lowest BCUT2D eigenvalue weighted by Gasteiger charge is -2.24. The quantitative estimate of drug-likeness (QED) is 0.610. The highest BCUT2D eigenvalue weighted by atomic mass is 16.5. The van der Waals surface area contributed by atoms with E-state index in [9.17, 15) is 0 Å². The van der Waals surface area contributed by atoms with Crippen LogP contribution in [0.15, 0.2) is 0 Å². The maximum absolute atomic E-state index is 5.64. The van der Waals surface area contributed by atoms with Crippen molar-refractivity contribution < 1.29 is 4.74 Å². The van der Waals surface area contributed by atoms with E-state index in [0.29, 0.717) is 18.0 Å². The number of hydrogen-bond donors (Lipinski definition) is 1. The summed E-state index contributed by atoms with van der Waals surface area (Å²) in [5.41, 5.74) is 0. The summed E-state index contributed by atoms with van der Waals surface area (Å²) in [4.78, 5) is 0. The average molecular weight is 201 g/mol. The second kappa shape index (κ2) is 8.25. The molecule has 0 saturated heterocycles. The lowest BCUT2D eigenvalue weighted by Crippen LogP contribution is -2.42. The maximum atomic E-state index is 5.64. The van der Waals surface area contributed by atoms with E-state index in [4.69, 9.17) is 4.74 Å². The van der Waals surface area contributed by atoms with Crippen molar-refractivity contribution in [2.75, 3.05) is 13.2 Å². The molecule has 0 saturated carbocycles. The summed E-state index contributed by atoms with van der Waals surface area (Å²) in [6, 6.07) is 1.03. The number of unbranched alkanes of at least 4 members (excludes halogenated alkanes) is 1. The van der Waals surface area contributed by atoms with Crippen molar-refractivity contribution in [2.24, 2.45) is 5.92 Å². The van der Waals surface area contributed by atoms with Crippen molar-refractivity contribution >= 4 is 0 Å². The zero-order valence-electron chi connectivity index (χ0n) is 10.5. The second-order valence-electron chi connectivity index (χ2n) is 4.60. The summed E-state index contributed by atoms with van der Waals surface area (Å²) in [6.45, 7) is 12.8. The molecule has 0 aromatic heterocycles. The lowest BCUT2D eigenvalue weighted by molar-refractivity contribution is 0.0929. The van der Waals surface area contributed by atoms with Crippen LogP contribution in [0.1, 0.15) is 47.5 Å². The molecule has 0 aliphatic heterocycles. The molecule has 1 N–H and O–H groups in total. The minimum absolute atomic E-state index is 0.492. The van der Waals surface area contributed by atoms with Crippen LogP contribution in [0.25, 0.3) is 0 Å². The van der Waals surface area contributed by atoms with Crippen LogP contribution in [0.4, 0.5) is 0 Å². The van der Waals surface area contributed by atoms with Gasteiger partial charge in [0.05, 0.1) is 6.61 Å². The Morgan fingerprint density at radius 2 is 1.79 bits per heavy atom. The molecule has 0 aliphatic carbocycles. The van der Waals surface area contributed by atoms with Gasteiger partial charge in [-0.25, -0.2) is 0 Å². The minimum Gasteiger partial charge on any atom is -0.380 e. The van der Waals surface area contributed by atoms with Crippen molar-refractivity contribution in [1.82, 2.24) is 5.32 Å². The third-order valence-corrected chi connectivity index (χ3v) is 2.29. The number of nitrogens with one attached hydrogen (secondary N) is 1. The normalized spacial score (nSPS) is 13.9. The number of ether oxygens (including phenoxy) is 1. The van der Waals surface area contributed by atoms with E-state index in [1.165, 1.54) is 12.8 Å². The van der Waals surface area contributed by atoms with Gasteiger partial charge in [0, 0.05) is 18.7 Å². The molecule has 0 rings (SSSR count). The lowest BCUT2D eigenvalue weighted by atomic mass is 10.0. The Kier molecular flexibility index (Phi) is 8.20. The van der Waals surface area contributed by atoms with E-state index in [2.05, 4.69) is 39.9 Å². The SMILES string of the molecule is CCCCOC[C@@H](NC(C)C)C(C)C. The van der Waals surface area contributed by atoms with Crippen LogP contribution in [-0.2, 0) is 4.74 Å². The van der Waals surface area contributed by atoms with E-state index in [-0.39, 0.29) is 0 Å². The second-order valence-corrected chi connectivity index (χ2v) is 4.60. The summed E-state index contributed by atoms with van der Waals surface area (Å²) >= 11 is 0. The van der Waals surface area contributed by atoms with Gasteiger partial charge in [-0.3, -0.25) is 0 Å². The predicted molar refractivity (Wildman–Crippen MR) is 62.6 cm³/mol. The van der Waals surface area contributed by atoms with E-state index in [1.807, 2.05) is 0 Å². The van der Waals surface area contributed by atoms with Crippen molar-refractivity contribution in [2.45, 2.75) is 59.5 Å². The Morgan fingerprint density at radius 1 is 1.14 bits per heavy atom. The number of rotatable bonds is 8. The van der Waals surface area contributed by atoms with Gasteiger partial charge in [-0.15, -0.1) is 0 Å². The van der Waals surface area contributed by atoms with Gasteiger partial charge < -0.3 is 10.1 Å². The molecule has 1 atom stereocenters. The van der Waals surface area contributed by atoms with Gasteiger partial charge in [0.1, 0.15) is 0 Å². The smallest absolute Gasteiger partial charge is 0.0622 e. The minimum atomic E-state index is 0.492. The zero-order chi connectivity index (χ0) is 11.0. The van der Waals surface area contributed by atoms with Gasteiger partial charge in [-0.2, -0.15) is 0 Å². The van der Waals surface area contributed by atoms with Gasteiger partial charge >= 0.3 is 0 Å². The first kappa shape index (κ1) is 13.9. The molecular weight excluding hydrogens is 174 g/mol. The summed E-state index contributed by atoms with van der Waals surface area (Å²) in [5.74, 6) is 0.638. The summed E-state index contributed by atoms with van der Waals surface area (Å²) < 4.78 is 5.64. The average Bonchev–Trinajstić information content (AvgIpc) is 2.09. The monoisotopic (exact) mass is 201 g/mol. The molecule has 2 heteroatoms. The van der Waals surface area contributed by atoms with Crippen molar-refractivity contribution in [3.05, 3.63) is 0 Å². The molecule has 0 amide bonds. The highest BCUT2D eigenvalue weighted by Crippen LogP contribution is 2.04. The van der Waals surface area contributed by atoms with E-state index >= 15 is 0 Å². The van der Waals surface area contributed by atoms with Crippen molar-refractivity contribution in [1.29, 1.82) is 0 Å². The van der Waals surface area contributed by atoms with Gasteiger partial charge in [0.25, 0.3) is 0 Å². The number of hydrogen-bond acceptors (Lipinski definition) is 2. The molecule has 14 heavy (non-hydrogen) atoms. The van der Waals surface area contributed by atoms with Crippen LogP contribution in [0, 0.1) is 5.92 Å². The van der Waals surface area contributed by atoms with Crippen LogP contribution >= 0.6 is 0 Å². The van der Waals surface area contributed by atoms with Crippen LogP contribution in [0.2, 0.25) is 0 Å². The fourth-order valence-corrected chi connectivity index (χ4v) is 1.32. The highest BCUT2D eigenvalue weighted by molar-refractivity contribution is 4.71. The molecule has 0 bridgehead atoms. The summed E-state index contributed by atoms with van der Waals surface area (Å²) in [7, 11) is 0. The summed E-state index contributed by atoms with van der Waals surface area (Å²) in [6.07, 6.45) is 2.39. The fraction of sp³-hybridized carbons (Fsp3) is 1.00. The Morgan fingerprint density at radius 3 is 2.21 bits per heavy atom. The Labute approximate surface area is 89.4 Å². The van der Waals surface area contributed by atoms with E-state index in [1.54, 1.807) is 0 Å². The molecular formula is C12H27NO. The Bertz CT molecular complexity index is 123. The van der Waals surface area contributed by atoms with Crippen molar-refractivity contribution in [3.8, 4) is 0 Å². The third kappa shape index (κ3) is 7.34. The summed E-state index contributed by atoms with van der Waals surface area (Å²) in [5, 5.41) is 3.53. The van der Waals surface area contributed by atoms with Crippen LogP contribution in [0.5, 0.6) is 0 Å². The predicted octanol–water partition coefficient (Wildman–Crippen LogP) is 2.83. The largest absolute Gasteiger partial charge is 0.380 e. The van der Waals surface area contributed by atoms with Gasteiger partial charge in [0.2, 0.25) is 0 Å². The molecule has 86 valence electrons. The Hall–Kier alpha value is -0.0800. The molecule has 0 fully saturated rings. The van der Waals surface area contributed by atoms with Gasteiger partial charge in [0.15, 0.2) is 0 Å². The fourth-order valence-electron chi connectivity index (χ4n) is 1.32. The molecule has 0 aromatic rings. The third-order valence-electron chi connectivity index (χ3n) is 2.29. The molecule has 0 unspecified atom stereocenters. The first-order chi connectivity index (χ1) is 6.57. The standard InChI is InChI=1S/C12H27NO/c1-6-7-8-14-9-12(10(2)3)13-11(4)5/h10-13H,6-9H2,1-5H3/t12-/m1/s1. The molecule has 0 heterocycles. The zero-order valence-corrected chi connectivity index (χ0v) is 10.5. The molecule has 0 radical (unpaired) electrons. The van der Waals surface area contributed by atoms with E-state index in [0.717, 1.165) is 13.2 Å². The molecule has 0 spiro atoms. The maximum Gasteiger partial charge on any atom is 0.0622 e. The van der Waals surface area contributed by atoms with Gasteiger partial charge in [-0.05, 0) is 12.3 Å². The molecule has 0 aromatic carbocycles. The topological polar surface area (TPSA) is 21.3 Å². The molecule has 0 aliphatic rings. The molecule has 2 nitrogen and oxygen atoms in total. The highest BCUT2D eigenvalue weighted by Gasteiger charge is 2.13. The van der Waals surface area contributed by atoms with E-state index < -0.39 is 0 Å². The van der Waals surface area contributed by atoms with Crippen molar-refractivity contribution in [3.63, 3.8) is 0 Å². The van der Waals surface area contributed by atoms with Crippen LogP contribution in [0.3, 0.4) is 0 Å². The Balaban J connectivity index is 3.63. The van der Waals surface area contributed by atoms with Crippen LogP contribution in [-0.4, -0.2) is 25.3 Å². The first-order valence-corrected chi connectivity index (χ1v) is 5.91. The van der Waals surface area contributed by atoms with Gasteiger partial charge in [-0.1, -0.05) is 41.0 Å². The van der Waals surface area contributed by atoms with Crippen LogP contribution < -0.4 is 5.32 Å².